The summed E-state index contributed by atoms with van der Waals surface area (Å²) in [5.74, 6) is 0. The summed E-state index contributed by atoms with van der Waals surface area (Å²) in [7, 11) is 0. The van der Waals surface area contributed by atoms with Crippen molar-refractivity contribution >= 4 is 0 Å². The molecule has 0 bridgehead atoms. The van der Waals surface area contributed by atoms with Crippen LogP contribution in [0.4, 0.5) is 0 Å². The van der Waals surface area contributed by atoms with E-state index in [0.29, 0.717) is 0 Å². The van der Waals surface area contributed by atoms with Crippen molar-refractivity contribution in [2.24, 2.45) is 0 Å². The summed E-state index contributed by atoms with van der Waals surface area (Å²) >= 11 is 0. The molecular weight excluding hydrogens is 288 g/mol. The van der Waals surface area contributed by atoms with Gasteiger partial charge in [-0.2, -0.15) is 0 Å². The van der Waals surface area contributed by atoms with E-state index in [1.165, 1.54) is 50.1 Å². The second-order valence-corrected chi connectivity index (χ2v) is 7.90. The van der Waals surface area contributed by atoms with Gasteiger partial charge in [-0.3, -0.25) is 0 Å². The van der Waals surface area contributed by atoms with Crippen LogP contribution in [-0.4, -0.2) is 0 Å². The molecule has 24 heavy (non-hydrogen) atoms. The van der Waals surface area contributed by atoms with E-state index in [9.17, 15) is 0 Å². The van der Waals surface area contributed by atoms with Crippen molar-refractivity contribution in [1.82, 2.24) is 0 Å². The van der Waals surface area contributed by atoms with Crippen LogP contribution >= 0.6 is 0 Å². The highest BCUT2D eigenvalue weighted by Gasteiger charge is 2.38. The van der Waals surface area contributed by atoms with Gasteiger partial charge in [-0.15, -0.1) is 0 Å². The molecule has 0 unspecified atom stereocenters. The topological polar surface area (TPSA) is 0 Å². The van der Waals surface area contributed by atoms with Crippen LogP contribution in [0.2, 0.25) is 0 Å². The van der Waals surface area contributed by atoms with Crippen LogP contribution in [0.1, 0.15) is 47.2 Å². The normalized spacial score (nSPS) is 15.7. The fraction of sp³-hybridized carbons (Fsp3) is 0.250. The lowest BCUT2D eigenvalue weighted by Gasteiger charge is -2.24. The summed E-state index contributed by atoms with van der Waals surface area (Å²) in [6, 6.07) is 18.1. The van der Waals surface area contributed by atoms with E-state index in [1.54, 1.807) is 5.56 Å². The Morgan fingerprint density at radius 3 is 2.33 bits per heavy atom. The average Bonchev–Trinajstić information content (AvgIpc) is 3.05. The van der Waals surface area contributed by atoms with Gasteiger partial charge >= 0.3 is 0 Å². The first-order chi connectivity index (χ1) is 11.5. The molecule has 118 valence electrons. The van der Waals surface area contributed by atoms with Gasteiger partial charge in [-0.05, 0) is 82.0 Å². The minimum Gasteiger partial charge on any atom is -0.0619 e. The van der Waals surface area contributed by atoms with Crippen LogP contribution < -0.4 is 0 Å². The molecule has 0 amide bonds. The van der Waals surface area contributed by atoms with Crippen LogP contribution in [0.5, 0.6) is 0 Å². The third kappa shape index (κ3) is 1.54. The number of fused-ring (bicyclic) bond motifs is 6. The Morgan fingerprint density at radius 1 is 0.750 bits per heavy atom. The average molecular weight is 310 g/mol. The van der Waals surface area contributed by atoms with E-state index in [2.05, 4.69) is 76.2 Å². The Labute approximate surface area is 144 Å². The molecule has 2 aliphatic carbocycles. The molecule has 2 aliphatic rings. The highest BCUT2D eigenvalue weighted by Crippen LogP contribution is 2.54. The van der Waals surface area contributed by atoms with Gasteiger partial charge in [0.1, 0.15) is 0 Å². The summed E-state index contributed by atoms with van der Waals surface area (Å²) in [5.41, 5.74) is 14.8. The monoisotopic (exact) mass is 310 g/mol. The Morgan fingerprint density at radius 2 is 1.50 bits per heavy atom. The Balaban J connectivity index is 1.88. The van der Waals surface area contributed by atoms with Gasteiger partial charge in [0.15, 0.2) is 0 Å². The zero-order chi connectivity index (χ0) is 16.6. The minimum absolute atomic E-state index is 0.0921. The Kier molecular flexibility index (Phi) is 2.57. The van der Waals surface area contributed by atoms with Gasteiger partial charge in [-0.25, -0.2) is 0 Å². The van der Waals surface area contributed by atoms with Gasteiger partial charge < -0.3 is 0 Å². The molecule has 5 rings (SSSR count). The summed E-state index contributed by atoms with van der Waals surface area (Å²) < 4.78 is 0. The van der Waals surface area contributed by atoms with Crippen LogP contribution in [0.15, 0.2) is 48.5 Å². The third-order valence-electron chi connectivity index (χ3n) is 6.28. The predicted octanol–water partition coefficient (Wildman–Crippen LogP) is 6.18. The minimum atomic E-state index is 0.0921. The highest BCUT2D eigenvalue weighted by molar-refractivity contribution is 5.90. The molecule has 0 spiro atoms. The second kappa shape index (κ2) is 4.39. The first-order valence-corrected chi connectivity index (χ1v) is 8.86. The van der Waals surface area contributed by atoms with Crippen LogP contribution in [0.3, 0.4) is 0 Å². The van der Waals surface area contributed by atoms with Crippen molar-refractivity contribution in [3.05, 3.63) is 81.9 Å². The number of aryl methyl sites for hydroxylation is 1. The molecule has 0 heterocycles. The molecule has 0 aromatic heterocycles. The van der Waals surface area contributed by atoms with E-state index < -0.39 is 0 Å². The maximum absolute atomic E-state index is 2.47. The largest absolute Gasteiger partial charge is 0.0619 e. The maximum atomic E-state index is 2.47. The van der Waals surface area contributed by atoms with E-state index in [0.717, 1.165) is 6.42 Å². The van der Waals surface area contributed by atoms with Crippen molar-refractivity contribution in [1.29, 1.82) is 0 Å². The van der Waals surface area contributed by atoms with Gasteiger partial charge in [0.2, 0.25) is 0 Å². The van der Waals surface area contributed by atoms with Crippen LogP contribution in [-0.2, 0) is 11.8 Å². The molecule has 0 N–H and O–H groups in total. The van der Waals surface area contributed by atoms with Crippen molar-refractivity contribution in [2.45, 2.75) is 39.5 Å². The smallest absolute Gasteiger partial charge is 0.0161 e. The Bertz CT molecular complexity index is 1020. The Hall–Kier alpha value is -2.34. The first kappa shape index (κ1) is 14.0. The molecule has 3 aromatic rings. The molecule has 0 atom stereocenters. The molecule has 0 nitrogen and oxygen atoms in total. The number of benzene rings is 3. The van der Waals surface area contributed by atoms with Crippen LogP contribution in [0.25, 0.3) is 22.3 Å². The summed E-state index contributed by atoms with van der Waals surface area (Å²) in [5, 5.41) is 0. The van der Waals surface area contributed by atoms with E-state index in [-0.39, 0.29) is 5.41 Å². The van der Waals surface area contributed by atoms with Gasteiger partial charge in [0, 0.05) is 5.41 Å². The second-order valence-electron chi connectivity index (χ2n) is 7.90. The SMILES string of the molecule is Cc1cccc2c1Cc1c-2cc2c(c1C)C(C)(C)c1ccccc1-2. The van der Waals surface area contributed by atoms with Crippen molar-refractivity contribution in [2.75, 3.05) is 0 Å². The van der Waals surface area contributed by atoms with E-state index in [1.807, 2.05) is 0 Å². The van der Waals surface area contributed by atoms with Crippen molar-refractivity contribution in [3.8, 4) is 22.3 Å². The standard InChI is InChI=1S/C24H22/c1-14-8-7-10-16-18(14)12-19-15(2)23-21(13-20(16)19)17-9-5-6-11-22(17)24(23,3)4/h5-11,13H,12H2,1-4H3. The van der Waals surface area contributed by atoms with E-state index in [4.69, 9.17) is 0 Å². The van der Waals surface area contributed by atoms with Gasteiger partial charge in [-0.1, -0.05) is 56.3 Å². The zero-order valence-electron chi connectivity index (χ0n) is 14.8. The summed E-state index contributed by atoms with van der Waals surface area (Å²) in [4.78, 5) is 0. The molecule has 0 radical (unpaired) electrons. The third-order valence-corrected chi connectivity index (χ3v) is 6.28. The molecule has 0 aliphatic heterocycles. The molecule has 3 aromatic carbocycles. The zero-order valence-corrected chi connectivity index (χ0v) is 14.8. The molecule has 0 saturated carbocycles. The maximum Gasteiger partial charge on any atom is 0.0161 e. The van der Waals surface area contributed by atoms with E-state index >= 15 is 0 Å². The number of hydrogen-bond donors (Lipinski definition) is 0. The fourth-order valence-corrected chi connectivity index (χ4v) is 5.11. The van der Waals surface area contributed by atoms with Gasteiger partial charge in [0.05, 0.1) is 0 Å². The van der Waals surface area contributed by atoms with Crippen molar-refractivity contribution in [3.63, 3.8) is 0 Å². The first-order valence-electron chi connectivity index (χ1n) is 8.86. The lowest BCUT2D eigenvalue weighted by atomic mass is 9.79. The quantitative estimate of drug-likeness (QED) is 0.364. The number of rotatable bonds is 0. The molecule has 0 heteroatoms. The molecular formula is C24H22. The predicted molar refractivity (Wildman–Crippen MR) is 102 cm³/mol. The summed E-state index contributed by atoms with van der Waals surface area (Å²) in [6.45, 7) is 9.34. The molecule has 0 fully saturated rings. The fourth-order valence-electron chi connectivity index (χ4n) is 5.11. The number of hydrogen-bond acceptors (Lipinski definition) is 0. The molecule has 0 saturated heterocycles. The lowest BCUT2D eigenvalue weighted by Crippen LogP contribution is -2.17. The summed E-state index contributed by atoms with van der Waals surface area (Å²) in [6.07, 6.45) is 1.09. The lowest BCUT2D eigenvalue weighted by molar-refractivity contribution is 0.654. The van der Waals surface area contributed by atoms with Gasteiger partial charge in [0.25, 0.3) is 0 Å². The van der Waals surface area contributed by atoms with Crippen LogP contribution in [0, 0.1) is 13.8 Å². The highest BCUT2D eigenvalue weighted by atomic mass is 14.4. The van der Waals surface area contributed by atoms with Crippen molar-refractivity contribution < 1.29 is 0 Å².